The van der Waals surface area contributed by atoms with Crippen molar-refractivity contribution in [1.82, 2.24) is 19.6 Å². The minimum atomic E-state index is -0.687. The summed E-state index contributed by atoms with van der Waals surface area (Å²) in [6.45, 7) is 3.99. The van der Waals surface area contributed by atoms with E-state index in [2.05, 4.69) is 5.10 Å². The van der Waals surface area contributed by atoms with Gasteiger partial charge in [-0.05, 0) is 6.42 Å². The molecule has 1 fully saturated rings. The molecule has 1 aromatic rings. The molecule has 0 aliphatic carbocycles. The Morgan fingerprint density at radius 3 is 2.50 bits per heavy atom. The number of carbonyl (C=O) groups is 2. The van der Waals surface area contributed by atoms with Crippen LogP contribution in [0.5, 0.6) is 0 Å². The summed E-state index contributed by atoms with van der Waals surface area (Å²) in [6.07, 6.45) is 4.15. The number of aryl methyl sites for hydroxylation is 1. The Bertz CT molecular complexity index is 499. The number of hydrogen-bond donors (Lipinski definition) is 1. The summed E-state index contributed by atoms with van der Waals surface area (Å²) in [5, 5.41) is 4.03. The molecule has 2 rings (SSSR count). The lowest BCUT2D eigenvalue weighted by Crippen LogP contribution is -2.41. The van der Waals surface area contributed by atoms with Gasteiger partial charge in [0.2, 0.25) is 11.8 Å². The largest absolute Gasteiger partial charge is 0.341 e. The van der Waals surface area contributed by atoms with Crippen LogP contribution in [0, 0.1) is 0 Å². The summed E-state index contributed by atoms with van der Waals surface area (Å²) in [5.74, 6) is -0.0562. The lowest BCUT2D eigenvalue weighted by molar-refractivity contribution is -0.133. The van der Waals surface area contributed by atoms with E-state index in [1.54, 1.807) is 40.8 Å². The van der Waals surface area contributed by atoms with Crippen molar-refractivity contribution in [1.29, 1.82) is 0 Å². The van der Waals surface area contributed by atoms with Crippen LogP contribution in [0.1, 0.15) is 24.9 Å². The van der Waals surface area contributed by atoms with E-state index >= 15 is 0 Å². The molecule has 0 radical (unpaired) electrons. The number of carbonyl (C=O) groups excluding carboxylic acids is 2. The minimum Gasteiger partial charge on any atom is -0.341 e. The normalized spacial score (nSPS) is 17.8. The van der Waals surface area contributed by atoms with Crippen molar-refractivity contribution in [2.24, 2.45) is 12.8 Å². The van der Waals surface area contributed by atoms with E-state index in [4.69, 9.17) is 5.73 Å². The Kier molecular flexibility index (Phi) is 4.39. The second-order valence-corrected chi connectivity index (χ2v) is 5.11. The molecule has 2 amide bonds. The summed E-state index contributed by atoms with van der Waals surface area (Å²) >= 11 is 0. The zero-order valence-electron chi connectivity index (χ0n) is 12.0. The van der Waals surface area contributed by atoms with E-state index < -0.39 is 6.04 Å². The Hall–Kier alpha value is -1.89. The molecule has 20 heavy (non-hydrogen) atoms. The molecular weight excluding hydrogens is 258 g/mol. The molecule has 1 unspecified atom stereocenters. The summed E-state index contributed by atoms with van der Waals surface area (Å²) in [5.41, 5.74) is 6.72. The summed E-state index contributed by atoms with van der Waals surface area (Å²) in [6, 6.07) is -0.687. The van der Waals surface area contributed by atoms with Crippen molar-refractivity contribution in [3.63, 3.8) is 0 Å². The Balaban J connectivity index is 2.00. The molecule has 0 aromatic carbocycles. The van der Waals surface area contributed by atoms with Gasteiger partial charge in [0, 0.05) is 51.9 Å². The maximum atomic E-state index is 12.4. The van der Waals surface area contributed by atoms with Gasteiger partial charge in [0.1, 0.15) is 6.04 Å². The molecule has 1 aromatic heterocycles. The van der Waals surface area contributed by atoms with Crippen molar-refractivity contribution in [2.75, 3.05) is 26.2 Å². The third kappa shape index (κ3) is 3.16. The molecule has 0 bridgehead atoms. The van der Waals surface area contributed by atoms with Gasteiger partial charge < -0.3 is 15.5 Å². The van der Waals surface area contributed by atoms with Gasteiger partial charge in [0.05, 0.1) is 6.20 Å². The first-order valence-corrected chi connectivity index (χ1v) is 6.77. The molecule has 7 heteroatoms. The highest BCUT2D eigenvalue weighted by Crippen LogP contribution is 2.14. The minimum absolute atomic E-state index is 0.0517. The quantitative estimate of drug-likeness (QED) is 0.791. The van der Waals surface area contributed by atoms with Crippen LogP contribution < -0.4 is 5.73 Å². The van der Waals surface area contributed by atoms with E-state index in [1.807, 2.05) is 0 Å². The molecule has 2 heterocycles. The molecule has 110 valence electrons. The third-order valence-electron chi connectivity index (χ3n) is 3.60. The van der Waals surface area contributed by atoms with Crippen LogP contribution in [0.15, 0.2) is 12.4 Å². The first kappa shape index (κ1) is 14.5. The number of aromatic nitrogens is 2. The molecule has 1 saturated heterocycles. The third-order valence-corrected chi connectivity index (χ3v) is 3.60. The number of amides is 2. The van der Waals surface area contributed by atoms with Gasteiger partial charge >= 0.3 is 0 Å². The van der Waals surface area contributed by atoms with Gasteiger partial charge in [-0.1, -0.05) is 0 Å². The van der Waals surface area contributed by atoms with Crippen molar-refractivity contribution >= 4 is 11.8 Å². The lowest BCUT2D eigenvalue weighted by atomic mass is 10.1. The van der Waals surface area contributed by atoms with E-state index in [0.29, 0.717) is 31.7 Å². The first-order chi connectivity index (χ1) is 9.49. The van der Waals surface area contributed by atoms with E-state index in [9.17, 15) is 9.59 Å². The van der Waals surface area contributed by atoms with Crippen LogP contribution >= 0.6 is 0 Å². The Morgan fingerprint density at radius 2 is 1.90 bits per heavy atom. The topological polar surface area (TPSA) is 84.5 Å². The van der Waals surface area contributed by atoms with Gasteiger partial charge in [0.25, 0.3) is 0 Å². The fourth-order valence-corrected chi connectivity index (χ4v) is 2.39. The average molecular weight is 279 g/mol. The van der Waals surface area contributed by atoms with Gasteiger partial charge in [-0.3, -0.25) is 14.3 Å². The second kappa shape index (κ2) is 6.04. The van der Waals surface area contributed by atoms with E-state index in [1.165, 1.54) is 0 Å². The molecular formula is C13H21N5O2. The Morgan fingerprint density at radius 1 is 1.25 bits per heavy atom. The van der Waals surface area contributed by atoms with Gasteiger partial charge in [-0.2, -0.15) is 5.10 Å². The predicted octanol–water partition coefficient (Wildman–Crippen LogP) is -0.499. The molecule has 1 aliphatic heterocycles. The molecule has 7 nitrogen and oxygen atoms in total. The molecule has 1 atom stereocenters. The number of hydrogen-bond acceptors (Lipinski definition) is 4. The molecule has 1 aliphatic rings. The fourth-order valence-electron chi connectivity index (χ4n) is 2.39. The molecule has 2 N–H and O–H groups in total. The summed E-state index contributed by atoms with van der Waals surface area (Å²) < 4.78 is 1.63. The maximum Gasteiger partial charge on any atom is 0.244 e. The van der Waals surface area contributed by atoms with Crippen molar-refractivity contribution in [2.45, 2.75) is 19.4 Å². The van der Waals surface area contributed by atoms with Crippen molar-refractivity contribution in [3.05, 3.63) is 18.0 Å². The standard InChI is InChI=1S/C13H21N5O2/c1-10(19)17-4-3-5-18(7-6-17)13(20)12(14)11-8-15-16(2)9-11/h8-9,12H,3-7,14H2,1-2H3. The highest BCUT2D eigenvalue weighted by molar-refractivity contribution is 5.83. The van der Waals surface area contributed by atoms with Crippen LogP contribution in [0.25, 0.3) is 0 Å². The predicted molar refractivity (Wildman–Crippen MR) is 73.6 cm³/mol. The van der Waals surface area contributed by atoms with Gasteiger partial charge in [-0.15, -0.1) is 0 Å². The monoisotopic (exact) mass is 279 g/mol. The second-order valence-electron chi connectivity index (χ2n) is 5.11. The lowest BCUT2D eigenvalue weighted by Gasteiger charge is -2.24. The van der Waals surface area contributed by atoms with Crippen LogP contribution in [0.3, 0.4) is 0 Å². The van der Waals surface area contributed by atoms with Crippen LogP contribution in [-0.4, -0.2) is 57.6 Å². The van der Waals surface area contributed by atoms with Crippen LogP contribution in [0.2, 0.25) is 0 Å². The number of nitrogens with zero attached hydrogens (tertiary/aromatic N) is 4. The van der Waals surface area contributed by atoms with Gasteiger partial charge in [-0.25, -0.2) is 0 Å². The van der Waals surface area contributed by atoms with Crippen molar-refractivity contribution < 1.29 is 9.59 Å². The maximum absolute atomic E-state index is 12.4. The van der Waals surface area contributed by atoms with Crippen LogP contribution in [-0.2, 0) is 16.6 Å². The average Bonchev–Trinajstić information content (AvgIpc) is 2.70. The number of nitrogens with two attached hydrogens (primary N) is 1. The Labute approximate surface area is 118 Å². The first-order valence-electron chi connectivity index (χ1n) is 6.77. The smallest absolute Gasteiger partial charge is 0.244 e. The highest BCUT2D eigenvalue weighted by atomic mass is 16.2. The highest BCUT2D eigenvalue weighted by Gasteiger charge is 2.26. The zero-order chi connectivity index (χ0) is 14.7. The zero-order valence-corrected chi connectivity index (χ0v) is 12.0. The SMILES string of the molecule is CC(=O)N1CCCN(C(=O)C(N)c2cnn(C)c2)CC1. The van der Waals surface area contributed by atoms with E-state index in [-0.39, 0.29) is 11.8 Å². The van der Waals surface area contributed by atoms with Crippen LogP contribution in [0.4, 0.5) is 0 Å². The summed E-state index contributed by atoms with van der Waals surface area (Å²) in [7, 11) is 1.79. The van der Waals surface area contributed by atoms with Crippen molar-refractivity contribution in [3.8, 4) is 0 Å². The fraction of sp³-hybridized carbons (Fsp3) is 0.615. The van der Waals surface area contributed by atoms with Gasteiger partial charge in [0.15, 0.2) is 0 Å². The number of rotatable bonds is 2. The van der Waals surface area contributed by atoms with E-state index in [0.717, 1.165) is 6.42 Å². The molecule has 0 saturated carbocycles. The summed E-state index contributed by atoms with van der Waals surface area (Å²) in [4.78, 5) is 27.3. The molecule has 0 spiro atoms.